The molecule has 1 amide bonds. The number of nitrogens with zero attached hydrogens (tertiary/aromatic N) is 1. The van der Waals surface area contributed by atoms with Crippen LogP contribution in [0.2, 0.25) is 0 Å². The lowest BCUT2D eigenvalue weighted by molar-refractivity contribution is 0.0935. The molecule has 2 aromatic rings. The van der Waals surface area contributed by atoms with Crippen LogP contribution in [0, 0.1) is 0 Å². The second-order valence-electron chi connectivity index (χ2n) is 3.83. The van der Waals surface area contributed by atoms with Crippen molar-refractivity contribution in [2.24, 2.45) is 0 Å². The number of hydrogen-bond donors (Lipinski definition) is 3. The maximum absolute atomic E-state index is 12.0. The van der Waals surface area contributed by atoms with Crippen LogP contribution >= 0.6 is 15.9 Å². The van der Waals surface area contributed by atoms with Crippen LogP contribution in [0.1, 0.15) is 29.1 Å². The van der Waals surface area contributed by atoms with Crippen LogP contribution in [0.15, 0.2) is 35.1 Å². The summed E-state index contributed by atoms with van der Waals surface area (Å²) in [6.45, 7) is 1.81. The zero-order valence-electron chi connectivity index (χ0n) is 9.64. The molecule has 1 atom stereocenters. The van der Waals surface area contributed by atoms with Gasteiger partial charge in [-0.05, 0) is 25.1 Å². The molecule has 1 heterocycles. The van der Waals surface area contributed by atoms with Crippen LogP contribution in [-0.2, 0) is 0 Å². The third-order valence-corrected chi connectivity index (χ3v) is 2.97. The van der Waals surface area contributed by atoms with E-state index in [-0.39, 0.29) is 23.3 Å². The molecule has 6 heteroatoms. The molecule has 0 aliphatic rings. The van der Waals surface area contributed by atoms with Crippen molar-refractivity contribution in [2.75, 3.05) is 0 Å². The monoisotopic (exact) mass is 309 g/mol. The Morgan fingerprint density at radius 1 is 1.56 bits per heavy atom. The second kappa shape index (κ2) is 5.22. The summed E-state index contributed by atoms with van der Waals surface area (Å²) in [6.07, 6.45) is 3.31. The number of benzene rings is 1. The van der Waals surface area contributed by atoms with Gasteiger partial charge in [-0.15, -0.1) is 0 Å². The van der Waals surface area contributed by atoms with E-state index >= 15 is 0 Å². The Morgan fingerprint density at radius 3 is 3.00 bits per heavy atom. The maximum atomic E-state index is 12.0. The number of hydrogen-bond acceptors (Lipinski definition) is 3. The fraction of sp³-hybridized carbons (Fsp3) is 0.167. The molecule has 2 rings (SSSR count). The number of aromatic nitrogens is 2. The molecule has 0 fully saturated rings. The number of nitrogens with one attached hydrogen (secondary N) is 2. The molecule has 0 bridgehead atoms. The first-order valence-electron chi connectivity index (χ1n) is 5.36. The van der Waals surface area contributed by atoms with Gasteiger partial charge in [0.2, 0.25) is 0 Å². The molecular formula is C12H12BrN3O2. The zero-order valence-corrected chi connectivity index (χ0v) is 11.2. The molecule has 94 valence electrons. The maximum Gasteiger partial charge on any atom is 0.255 e. The third-order valence-electron chi connectivity index (χ3n) is 2.48. The van der Waals surface area contributed by atoms with Gasteiger partial charge in [0.1, 0.15) is 11.6 Å². The van der Waals surface area contributed by atoms with Gasteiger partial charge in [-0.2, -0.15) is 0 Å². The van der Waals surface area contributed by atoms with Crippen LogP contribution in [0.3, 0.4) is 0 Å². The lowest BCUT2D eigenvalue weighted by atomic mass is 10.1. The number of aromatic hydroxyl groups is 1. The number of imidazole rings is 1. The minimum atomic E-state index is -0.349. The summed E-state index contributed by atoms with van der Waals surface area (Å²) in [5.74, 6) is 0.262. The topological polar surface area (TPSA) is 78.0 Å². The van der Waals surface area contributed by atoms with Gasteiger partial charge in [0, 0.05) is 16.9 Å². The van der Waals surface area contributed by atoms with Gasteiger partial charge < -0.3 is 15.4 Å². The van der Waals surface area contributed by atoms with Gasteiger partial charge in [-0.1, -0.05) is 15.9 Å². The Hall–Kier alpha value is -1.82. The van der Waals surface area contributed by atoms with Gasteiger partial charge in [0.05, 0.1) is 11.6 Å². The van der Waals surface area contributed by atoms with Gasteiger partial charge >= 0.3 is 0 Å². The van der Waals surface area contributed by atoms with Crippen molar-refractivity contribution in [3.63, 3.8) is 0 Å². The van der Waals surface area contributed by atoms with Gasteiger partial charge in [0.15, 0.2) is 0 Å². The fourth-order valence-electron chi connectivity index (χ4n) is 1.55. The number of phenolic OH excluding ortho intramolecular Hbond substituents is 1. The lowest BCUT2D eigenvalue weighted by Gasteiger charge is -2.12. The highest BCUT2D eigenvalue weighted by Gasteiger charge is 2.16. The van der Waals surface area contributed by atoms with Crippen molar-refractivity contribution in [3.05, 3.63) is 46.5 Å². The number of carbonyl (C=O) groups excluding carboxylic acids is 1. The van der Waals surface area contributed by atoms with Crippen LogP contribution in [0.25, 0.3) is 0 Å². The smallest absolute Gasteiger partial charge is 0.255 e. The molecule has 0 aliphatic heterocycles. The summed E-state index contributed by atoms with van der Waals surface area (Å²) in [5, 5.41) is 12.4. The van der Waals surface area contributed by atoms with E-state index in [0.717, 1.165) is 4.47 Å². The van der Waals surface area contributed by atoms with Crippen molar-refractivity contribution in [1.29, 1.82) is 0 Å². The highest BCUT2D eigenvalue weighted by atomic mass is 79.9. The first kappa shape index (κ1) is 12.6. The molecular weight excluding hydrogens is 298 g/mol. The van der Waals surface area contributed by atoms with E-state index in [0.29, 0.717) is 5.82 Å². The van der Waals surface area contributed by atoms with E-state index < -0.39 is 0 Å². The van der Waals surface area contributed by atoms with Gasteiger partial charge in [0.25, 0.3) is 5.91 Å². The molecule has 1 unspecified atom stereocenters. The molecule has 0 saturated carbocycles. The Labute approximate surface area is 112 Å². The second-order valence-corrected chi connectivity index (χ2v) is 4.75. The fourth-order valence-corrected chi connectivity index (χ4v) is 1.91. The van der Waals surface area contributed by atoms with Crippen LogP contribution in [-0.4, -0.2) is 21.0 Å². The molecule has 3 N–H and O–H groups in total. The van der Waals surface area contributed by atoms with Gasteiger partial charge in [-0.25, -0.2) is 4.98 Å². The predicted molar refractivity (Wildman–Crippen MR) is 70.3 cm³/mol. The molecule has 0 spiro atoms. The molecule has 1 aromatic heterocycles. The standard InChI is InChI=1S/C12H12BrN3O2/c1-7(11-14-4-5-15-11)16-12(18)9-6-8(13)2-3-10(9)17/h2-7,17H,1H3,(H,14,15)(H,16,18). The summed E-state index contributed by atoms with van der Waals surface area (Å²) >= 11 is 3.26. The number of amides is 1. The largest absolute Gasteiger partial charge is 0.507 e. The van der Waals surface area contributed by atoms with Crippen molar-refractivity contribution in [2.45, 2.75) is 13.0 Å². The SMILES string of the molecule is CC(NC(=O)c1cc(Br)ccc1O)c1ncc[nH]1. The Kier molecular flexibility index (Phi) is 3.66. The third kappa shape index (κ3) is 2.70. The van der Waals surface area contributed by atoms with Crippen molar-refractivity contribution in [1.82, 2.24) is 15.3 Å². The summed E-state index contributed by atoms with van der Waals surface area (Å²) in [5.41, 5.74) is 0.225. The summed E-state index contributed by atoms with van der Waals surface area (Å²) in [7, 11) is 0. The van der Waals surface area contributed by atoms with Crippen LogP contribution in [0.4, 0.5) is 0 Å². The molecule has 0 radical (unpaired) electrons. The highest BCUT2D eigenvalue weighted by Crippen LogP contribution is 2.22. The van der Waals surface area contributed by atoms with E-state index in [9.17, 15) is 9.90 Å². The van der Waals surface area contributed by atoms with Crippen molar-refractivity contribution >= 4 is 21.8 Å². The number of aromatic amines is 1. The number of rotatable bonds is 3. The Bertz CT molecular complexity index is 554. The molecule has 5 nitrogen and oxygen atoms in total. The number of carbonyl (C=O) groups is 1. The first-order chi connectivity index (χ1) is 8.58. The van der Waals surface area contributed by atoms with Crippen LogP contribution < -0.4 is 5.32 Å². The van der Waals surface area contributed by atoms with E-state index in [2.05, 4.69) is 31.2 Å². The van der Waals surface area contributed by atoms with Crippen molar-refractivity contribution in [3.8, 4) is 5.75 Å². The van der Waals surface area contributed by atoms with E-state index in [1.54, 1.807) is 24.5 Å². The average molecular weight is 310 g/mol. The van der Waals surface area contributed by atoms with Crippen LogP contribution in [0.5, 0.6) is 5.75 Å². The predicted octanol–water partition coefficient (Wildman–Crippen LogP) is 2.37. The normalized spacial score (nSPS) is 12.1. The number of halogens is 1. The minimum absolute atomic E-state index is 0.0534. The summed E-state index contributed by atoms with van der Waals surface area (Å²) in [4.78, 5) is 19.0. The van der Waals surface area contributed by atoms with E-state index in [1.807, 2.05) is 6.92 Å². The Balaban J connectivity index is 2.15. The number of phenols is 1. The first-order valence-corrected chi connectivity index (χ1v) is 6.16. The summed E-state index contributed by atoms with van der Waals surface area (Å²) < 4.78 is 0.733. The highest BCUT2D eigenvalue weighted by molar-refractivity contribution is 9.10. The van der Waals surface area contributed by atoms with Crippen molar-refractivity contribution < 1.29 is 9.90 Å². The Morgan fingerprint density at radius 2 is 2.33 bits per heavy atom. The lowest BCUT2D eigenvalue weighted by Crippen LogP contribution is -2.27. The molecule has 18 heavy (non-hydrogen) atoms. The quantitative estimate of drug-likeness (QED) is 0.814. The number of H-pyrrole nitrogens is 1. The average Bonchev–Trinajstić information content (AvgIpc) is 2.85. The minimum Gasteiger partial charge on any atom is -0.507 e. The molecule has 0 aliphatic carbocycles. The van der Waals surface area contributed by atoms with E-state index in [4.69, 9.17) is 0 Å². The zero-order chi connectivity index (χ0) is 13.1. The summed E-state index contributed by atoms with van der Waals surface area (Å²) in [6, 6.07) is 4.45. The van der Waals surface area contributed by atoms with Gasteiger partial charge in [-0.3, -0.25) is 4.79 Å². The molecule has 0 saturated heterocycles. The molecule has 1 aromatic carbocycles. The van der Waals surface area contributed by atoms with E-state index in [1.165, 1.54) is 6.07 Å².